The van der Waals surface area contributed by atoms with E-state index in [9.17, 15) is 13.5 Å². The molecule has 3 heterocycles. The van der Waals surface area contributed by atoms with Crippen molar-refractivity contribution in [1.82, 2.24) is 19.9 Å². The van der Waals surface area contributed by atoms with Crippen LogP contribution in [0.25, 0.3) is 11.4 Å². The Hall–Kier alpha value is -4.73. The Morgan fingerprint density at radius 3 is 2.35 bits per heavy atom. The number of rotatable bonds is 10. The van der Waals surface area contributed by atoms with Gasteiger partial charge in [0.15, 0.2) is 28.2 Å². The van der Waals surface area contributed by atoms with E-state index in [-0.39, 0.29) is 40.0 Å². The second-order valence-electron chi connectivity index (χ2n) is 8.57. The van der Waals surface area contributed by atoms with Crippen molar-refractivity contribution < 1.29 is 27.7 Å². The molecule has 1 unspecified atom stereocenters. The highest BCUT2D eigenvalue weighted by atomic mass is 32.2. The molecule has 12 heteroatoms. The van der Waals surface area contributed by atoms with Gasteiger partial charge in [0.05, 0.1) is 7.11 Å². The Morgan fingerprint density at radius 1 is 1.00 bits per heavy atom. The molecule has 0 saturated heterocycles. The largest absolute Gasteiger partial charge is 0.493 e. The van der Waals surface area contributed by atoms with E-state index < -0.39 is 16.3 Å². The minimum atomic E-state index is -4.26. The number of nitrogens with one attached hydrogen (secondary N) is 1. The zero-order valence-corrected chi connectivity index (χ0v) is 23.0. The highest BCUT2D eigenvalue weighted by Crippen LogP contribution is 2.41. The third kappa shape index (κ3) is 6.63. The first-order valence-corrected chi connectivity index (χ1v) is 13.6. The SMILES string of the molecule is CC#CC(O)Oc1nc(-c2ccncc2)nc(NS(=O)(=O)c2ccc(C(C)C)cn2)c1Oc1ccccc1OC. The smallest absolute Gasteiger partial charge is 0.280 e. The number of anilines is 1. The number of hydrogen-bond donors (Lipinski definition) is 2. The zero-order chi connectivity index (χ0) is 28.7. The molecule has 0 saturated carbocycles. The van der Waals surface area contributed by atoms with Crippen LogP contribution in [0.3, 0.4) is 0 Å². The number of hydrogen-bond acceptors (Lipinski definition) is 10. The van der Waals surface area contributed by atoms with E-state index in [0.29, 0.717) is 11.3 Å². The van der Waals surface area contributed by atoms with Crippen LogP contribution in [-0.4, -0.2) is 46.9 Å². The van der Waals surface area contributed by atoms with E-state index in [4.69, 9.17) is 14.2 Å². The molecule has 206 valence electrons. The maximum Gasteiger partial charge on any atom is 0.280 e. The number of aliphatic hydroxyl groups is 1. The van der Waals surface area contributed by atoms with Gasteiger partial charge in [0.1, 0.15) is 0 Å². The van der Waals surface area contributed by atoms with E-state index in [1.54, 1.807) is 42.5 Å². The van der Waals surface area contributed by atoms with Crippen molar-refractivity contribution in [2.75, 3.05) is 11.8 Å². The topological polar surface area (TPSA) is 146 Å². The average Bonchev–Trinajstić information content (AvgIpc) is 2.95. The highest BCUT2D eigenvalue weighted by molar-refractivity contribution is 7.92. The van der Waals surface area contributed by atoms with Gasteiger partial charge in [0.2, 0.25) is 5.75 Å². The molecule has 0 fully saturated rings. The fourth-order valence-electron chi connectivity index (χ4n) is 3.44. The molecule has 1 atom stereocenters. The molecule has 40 heavy (non-hydrogen) atoms. The molecule has 0 bridgehead atoms. The predicted molar refractivity (Wildman–Crippen MR) is 148 cm³/mol. The Labute approximate surface area is 232 Å². The molecule has 3 aromatic heterocycles. The molecule has 0 aliphatic carbocycles. The van der Waals surface area contributed by atoms with Crippen LogP contribution in [0.15, 0.2) is 72.1 Å². The van der Waals surface area contributed by atoms with Crippen molar-refractivity contribution in [2.24, 2.45) is 0 Å². The van der Waals surface area contributed by atoms with Crippen LogP contribution in [0.1, 0.15) is 32.3 Å². The number of benzene rings is 1. The number of sulfonamides is 1. The Balaban J connectivity index is 1.89. The van der Waals surface area contributed by atoms with E-state index in [1.165, 1.54) is 38.7 Å². The van der Waals surface area contributed by atoms with Crippen molar-refractivity contribution in [3.8, 4) is 46.4 Å². The molecule has 0 amide bonds. The molecule has 1 aromatic carbocycles. The Kier molecular flexibility index (Phi) is 8.78. The summed E-state index contributed by atoms with van der Waals surface area (Å²) >= 11 is 0. The fourth-order valence-corrected chi connectivity index (χ4v) is 4.38. The summed E-state index contributed by atoms with van der Waals surface area (Å²) in [4.78, 5) is 17.0. The molecule has 11 nitrogen and oxygen atoms in total. The van der Waals surface area contributed by atoms with E-state index in [0.717, 1.165) is 5.56 Å². The third-order valence-corrected chi connectivity index (χ3v) is 6.73. The lowest BCUT2D eigenvalue weighted by Gasteiger charge is -2.18. The molecule has 4 aromatic rings. The van der Waals surface area contributed by atoms with E-state index in [2.05, 4.69) is 36.5 Å². The summed E-state index contributed by atoms with van der Waals surface area (Å²) in [5.74, 6) is 5.03. The Morgan fingerprint density at radius 2 is 1.73 bits per heavy atom. The number of ether oxygens (including phenoxy) is 3. The summed E-state index contributed by atoms with van der Waals surface area (Å²) in [6.45, 7) is 5.48. The van der Waals surface area contributed by atoms with Gasteiger partial charge in [-0.2, -0.15) is 13.4 Å². The molecule has 0 aliphatic rings. The standard InChI is InChI=1S/C28H27N5O6S/c1-5-8-24(34)39-28-25(38-22-10-7-6-9-21(22)37-4)27(31-26(32-28)19-13-15-29-16-14-19)33-40(35,36)23-12-11-20(17-30-23)18(2)3/h6-7,9-18,24,34H,1-4H3,(H,31,32,33). The predicted octanol–water partition coefficient (Wildman–Crippen LogP) is 4.38. The van der Waals surface area contributed by atoms with Crippen molar-refractivity contribution >= 4 is 15.8 Å². The van der Waals surface area contributed by atoms with Crippen LogP contribution in [0.2, 0.25) is 0 Å². The highest BCUT2D eigenvalue weighted by Gasteiger charge is 2.27. The first-order valence-electron chi connectivity index (χ1n) is 12.1. The average molecular weight is 562 g/mol. The molecule has 2 N–H and O–H groups in total. The minimum Gasteiger partial charge on any atom is -0.493 e. The molecular weight excluding hydrogens is 534 g/mol. The van der Waals surface area contributed by atoms with Gasteiger partial charge in [0, 0.05) is 24.2 Å². The van der Waals surface area contributed by atoms with Crippen LogP contribution in [0, 0.1) is 11.8 Å². The molecule has 0 aliphatic heterocycles. The van der Waals surface area contributed by atoms with Crippen LogP contribution >= 0.6 is 0 Å². The van der Waals surface area contributed by atoms with Gasteiger partial charge in [-0.1, -0.05) is 32.0 Å². The van der Waals surface area contributed by atoms with Gasteiger partial charge in [-0.05, 0) is 54.7 Å². The van der Waals surface area contributed by atoms with Crippen LogP contribution in [0.4, 0.5) is 5.82 Å². The number of aliphatic hydroxyl groups excluding tert-OH is 1. The van der Waals surface area contributed by atoms with Gasteiger partial charge >= 0.3 is 0 Å². The summed E-state index contributed by atoms with van der Waals surface area (Å²) in [5.41, 5.74) is 1.38. The van der Waals surface area contributed by atoms with E-state index in [1.807, 2.05) is 13.8 Å². The van der Waals surface area contributed by atoms with Crippen molar-refractivity contribution in [1.29, 1.82) is 0 Å². The van der Waals surface area contributed by atoms with Crippen LogP contribution in [-0.2, 0) is 10.0 Å². The molecular formula is C28H27N5O6S. The third-order valence-electron chi connectivity index (χ3n) is 5.48. The van der Waals surface area contributed by atoms with Crippen LogP contribution < -0.4 is 18.9 Å². The number of pyridine rings is 2. The molecule has 0 spiro atoms. The zero-order valence-electron chi connectivity index (χ0n) is 22.2. The maximum absolute atomic E-state index is 13.5. The normalized spacial score (nSPS) is 11.8. The molecule has 4 rings (SSSR count). The summed E-state index contributed by atoms with van der Waals surface area (Å²) in [6, 6.07) is 13.1. The number of para-hydroxylation sites is 2. The number of methoxy groups -OCH3 is 1. The monoisotopic (exact) mass is 561 g/mol. The second kappa shape index (κ2) is 12.4. The summed E-state index contributed by atoms with van der Waals surface area (Å²) < 4.78 is 46.4. The van der Waals surface area contributed by atoms with Crippen molar-refractivity contribution in [2.45, 2.75) is 38.0 Å². The lowest BCUT2D eigenvalue weighted by molar-refractivity contribution is 0.0275. The Bertz CT molecular complexity index is 1640. The maximum atomic E-state index is 13.5. The van der Waals surface area contributed by atoms with E-state index >= 15 is 0 Å². The summed E-state index contributed by atoms with van der Waals surface area (Å²) in [5, 5.41) is 10.1. The van der Waals surface area contributed by atoms with Gasteiger partial charge < -0.3 is 19.3 Å². The first kappa shape index (κ1) is 28.3. The van der Waals surface area contributed by atoms with Gasteiger partial charge in [-0.25, -0.2) is 9.97 Å². The second-order valence-corrected chi connectivity index (χ2v) is 10.2. The number of nitrogens with zero attached hydrogens (tertiary/aromatic N) is 4. The minimum absolute atomic E-state index is 0.0715. The first-order chi connectivity index (χ1) is 19.2. The number of aromatic nitrogens is 4. The van der Waals surface area contributed by atoms with Crippen molar-refractivity contribution in [3.05, 3.63) is 72.7 Å². The van der Waals surface area contributed by atoms with Crippen molar-refractivity contribution in [3.63, 3.8) is 0 Å². The van der Waals surface area contributed by atoms with Gasteiger partial charge in [-0.15, -0.1) is 5.92 Å². The van der Waals surface area contributed by atoms with Gasteiger partial charge in [-0.3, -0.25) is 9.71 Å². The van der Waals surface area contributed by atoms with Crippen LogP contribution in [0.5, 0.6) is 23.1 Å². The molecule has 0 radical (unpaired) electrons. The van der Waals surface area contributed by atoms with Gasteiger partial charge in [0.25, 0.3) is 22.2 Å². The summed E-state index contributed by atoms with van der Waals surface area (Å²) in [7, 11) is -2.80. The quantitative estimate of drug-likeness (QED) is 0.211. The fraction of sp³-hybridized carbons (Fsp3) is 0.214. The lowest BCUT2D eigenvalue weighted by atomic mass is 10.1. The summed E-state index contributed by atoms with van der Waals surface area (Å²) in [6.07, 6.45) is 2.96. The lowest BCUT2D eigenvalue weighted by Crippen LogP contribution is -2.19.